The summed E-state index contributed by atoms with van der Waals surface area (Å²) >= 11 is 2.96. The highest BCUT2D eigenvalue weighted by Crippen LogP contribution is 2.33. The molecule has 0 radical (unpaired) electrons. The fourth-order valence-corrected chi connectivity index (χ4v) is 3.45. The van der Waals surface area contributed by atoms with Gasteiger partial charge in [-0.3, -0.25) is 4.79 Å². The molecule has 0 N–H and O–H groups in total. The average Bonchev–Trinajstić information content (AvgIpc) is 2.74. The summed E-state index contributed by atoms with van der Waals surface area (Å²) in [4.78, 5) is 16.7. The Balaban J connectivity index is 2.41. The zero-order valence-corrected chi connectivity index (χ0v) is 11.6. The molecule has 1 heterocycles. The number of hydrogen-bond donors (Lipinski definition) is 0. The molecule has 2 rings (SSSR count). The summed E-state index contributed by atoms with van der Waals surface area (Å²) in [7, 11) is 0. The van der Waals surface area contributed by atoms with E-state index in [1.54, 1.807) is 18.2 Å². The minimum atomic E-state index is -0.00438. The van der Waals surface area contributed by atoms with Crippen molar-refractivity contribution in [2.75, 3.05) is 0 Å². The van der Waals surface area contributed by atoms with Crippen LogP contribution in [0.2, 0.25) is 0 Å². The second-order valence-electron chi connectivity index (χ2n) is 3.74. The zero-order chi connectivity index (χ0) is 13.1. The number of rotatable bonds is 3. The molecule has 0 aliphatic carbocycles. The van der Waals surface area contributed by atoms with Gasteiger partial charge in [0.2, 0.25) is 0 Å². The Labute approximate surface area is 113 Å². The van der Waals surface area contributed by atoms with E-state index in [0.717, 1.165) is 14.9 Å². The van der Waals surface area contributed by atoms with Crippen molar-refractivity contribution < 1.29 is 4.79 Å². The van der Waals surface area contributed by atoms with Crippen molar-refractivity contribution in [2.24, 2.45) is 0 Å². The van der Waals surface area contributed by atoms with Crippen molar-refractivity contribution in [3.05, 3.63) is 40.4 Å². The van der Waals surface area contributed by atoms with Crippen molar-refractivity contribution in [3.63, 3.8) is 0 Å². The number of ketones is 1. The second kappa shape index (κ2) is 5.34. The van der Waals surface area contributed by atoms with Gasteiger partial charge in [0.1, 0.15) is 0 Å². The quantitative estimate of drug-likeness (QED) is 0.801. The SMILES string of the molecule is CC(=O)c1ccc(C#N)cc1Sc1nc(C)cs1. The molecular weight excluding hydrogens is 264 g/mol. The lowest BCUT2D eigenvalue weighted by atomic mass is 10.1. The van der Waals surface area contributed by atoms with Crippen LogP contribution in [0, 0.1) is 18.3 Å². The van der Waals surface area contributed by atoms with E-state index in [1.807, 2.05) is 12.3 Å². The fourth-order valence-electron chi connectivity index (χ4n) is 1.44. The van der Waals surface area contributed by atoms with Crippen LogP contribution in [0.1, 0.15) is 28.5 Å². The molecule has 0 amide bonds. The minimum Gasteiger partial charge on any atom is -0.294 e. The summed E-state index contributed by atoms with van der Waals surface area (Å²) in [6, 6.07) is 7.18. The lowest BCUT2D eigenvalue weighted by Gasteiger charge is -2.04. The first-order valence-electron chi connectivity index (χ1n) is 5.25. The maximum atomic E-state index is 11.5. The molecule has 0 saturated heterocycles. The highest BCUT2D eigenvalue weighted by Gasteiger charge is 2.11. The summed E-state index contributed by atoms with van der Waals surface area (Å²) in [5.41, 5.74) is 2.14. The Kier molecular flexibility index (Phi) is 3.80. The third-order valence-electron chi connectivity index (χ3n) is 2.29. The minimum absolute atomic E-state index is 0.00438. The predicted octanol–water partition coefficient (Wildman–Crippen LogP) is 3.68. The molecule has 1 aromatic carbocycles. The normalized spacial score (nSPS) is 10.1. The molecular formula is C13H10N2OS2. The van der Waals surface area contributed by atoms with E-state index in [9.17, 15) is 4.79 Å². The van der Waals surface area contributed by atoms with Gasteiger partial charge in [-0.05, 0) is 32.0 Å². The molecule has 0 aliphatic heterocycles. The van der Waals surface area contributed by atoms with Crippen LogP contribution in [-0.2, 0) is 0 Å². The van der Waals surface area contributed by atoms with Crippen LogP contribution in [0.4, 0.5) is 0 Å². The zero-order valence-electron chi connectivity index (χ0n) is 9.93. The molecule has 0 fully saturated rings. The first-order valence-corrected chi connectivity index (χ1v) is 6.95. The van der Waals surface area contributed by atoms with Gasteiger partial charge in [-0.2, -0.15) is 5.26 Å². The van der Waals surface area contributed by atoms with Gasteiger partial charge in [0.25, 0.3) is 0 Å². The molecule has 5 heteroatoms. The van der Waals surface area contributed by atoms with Gasteiger partial charge in [0.05, 0.1) is 11.6 Å². The van der Waals surface area contributed by atoms with Gasteiger partial charge in [-0.1, -0.05) is 11.8 Å². The fraction of sp³-hybridized carbons (Fsp3) is 0.154. The Hall–Kier alpha value is -1.64. The summed E-state index contributed by atoms with van der Waals surface area (Å²) in [5.74, 6) is -0.00438. The molecule has 1 aromatic heterocycles. The van der Waals surface area contributed by atoms with Crippen molar-refractivity contribution in [1.82, 2.24) is 4.98 Å². The largest absolute Gasteiger partial charge is 0.294 e. The topological polar surface area (TPSA) is 53.8 Å². The number of aryl methyl sites for hydroxylation is 1. The number of Topliss-reactive ketones (excluding diaryl/α,β-unsaturated/α-hetero) is 1. The van der Waals surface area contributed by atoms with Crippen LogP contribution in [0.3, 0.4) is 0 Å². The van der Waals surface area contributed by atoms with Gasteiger partial charge in [-0.15, -0.1) is 11.3 Å². The number of nitriles is 1. The van der Waals surface area contributed by atoms with Crippen LogP contribution in [0.25, 0.3) is 0 Å². The van der Waals surface area contributed by atoms with Crippen molar-refractivity contribution in [1.29, 1.82) is 5.26 Å². The van der Waals surface area contributed by atoms with E-state index < -0.39 is 0 Å². The van der Waals surface area contributed by atoms with Gasteiger partial charge in [-0.25, -0.2) is 4.98 Å². The standard InChI is InChI=1S/C13H10N2OS2/c1-8-7-17-13(15-8)18-12-5-10(6-14)3-4-11(12)9(2)16/h3-5,7H,1-2H3. The van der Waals surface area contributed by atoms with Crippen molar-refractivity contribution in [2.45, 2.75) is 23.1 Å². The summed E-state index contributed by atoms with van der Waals surface area (Å²) < 4.78 is 0.880. The molecule has 90 valence electrons. The van der Waals surface area contributed by atoms with Crippen molar-refractivity contribution >= 4 is 28.9 Å². The number of carbonyl (C=O) groups excluding carboxylic acids is 1. The van der Waals surface area contributed by atoms with E-state index >= 15 is 0 Å². The maximum Gasteiger partial charge on any atom is 0.160 e. The van der Waals surface area contributed by atoms with Crippen LogP contribution in [0.5, 0.6) is 0 Å². The predicted molar refractivity (Wildman–Crippen MR) is 72.1 cm³/mol. The van der Waals surface area contributed by atoms with Crippen LogP contribution in [0.15, 0.2) is 32.8 Å². The Morgan fingerprint density at radius 1 is 1.50 bits per heavy atom. The summed E-state index contributed by atoms with van der Waals surface area (Å²) in [6.45, 7) is 3.46. The van der Waals surface area contributed by atoms with E-state index in [1.165, 1.54) is 30.0 Å². The monoisotopic (exact) mass is 274 g/mol. The van der Waals surface area contributed by atoms with Gasteiger partial charge in [0.15, 0.2) is 10.1 Å². The number of carbonyl (C=O) groups is 1. The van der Waals surface area contributed by atoms with Crippen LogP contribution >= 0.6 is 23.1 Å². The molecule has 3 nitrogen and oxygen atoms in total. The Morgan fingerprint density at radius 2 is 2.28 bits per heavy atom. The third kappa shape index (κ3) is 2.78. The van der Waals surface area contributed by atoms with E-state index in [0.29, 0.717) is 11.1 Å². The molecule has 0 aliphatic rings. The number of benzene rings is 1. The van der Waals surface area contributed by atoms with E-state index in [2.05, 4.69) is 11.1 Å². The van der Waals surface area contributed by atoms with Gasteiger partial charge in [0, 0.05) is 21.5 Å². The van der Waals surface area contributed by atoms with Crippen molar-refractivity contribution in [3.8, 4) is 6.07 Å². The number of nitrogens with zero attached hydrogens (tertiary/aromatic N) is 2. The molecule has 0 bridgehead atoms. The average molecular weight is 274 g/mol. The molecule has 0 unspecified atom stereocenters. The molecule has 0 saturated carbocycles. The molecule has 2 aromatic rings. The number of aromatic nitrogens is 1. The lowest BCUT2D eigenvalue weighted by molar-refractivity contribution is 0.101. The van der Waals surface area contributed by atoms with Crippen LogP contribution in [-0.4, -0.2) is 10.8 Å². The lowest BCUT2D eigenvalue weighted by Crippen LogP contribution is -1.95. The number of thiazole rings is 1. The maximum absolute atomic E-state index is 11.5. The summed E-state index contributed by atoms with van der Waals surface area (Å²) in [6.07, 6.45) is 0. The number of hydrogen-bond acceptors (Lipinski definition) is 5. The van der Waals surface area contributed by atoms with Gasteiger partial charge < -0.3 is 0 Å². The molecule has 0 atom stereocenters. The Bertz CT molecular complexity index is 641. The third-order valence-corrected chi connectivity index (χ3v) is 4.40. The summed E-state index contributed by atoms with van der Waals surface area (Å²) in [5, 5.41) is 10.9. The van der Waals surface area contributed by atoms with Gasteiger partial charge >= 0.3 is 0 Å². The smallest absolute Gasteiger partial charge is 0.160 e. The highest BCUT2D eigenvalue weighted by atomic mass is 32.2. The van der Waals surface area contributed by atoms with E-state index in [-0.39, 0.29) is 5.78 Å². The molecule has 18 heavy (non-hydrogen) atoms. The first kappa shape index (κ1) is 12.8. The Morgan fingerprint density at radius 3 is 2.83 bits per heavy atom. The molecule has 0 spiro atoms. The van der Waals surface area contributed by atoms with E-state index in [4.69, 9.17) is 5.26 Å². The van der Waals surface area contributed by atoms with Crippen LogP contribution < -0.4 is 0 Å². The second-order valence-corrected chi connectivity index (χ2v) is 5.88. The highest BCUT2D eigenvalue weighted by molar-refractivity contribution is 8.01. The first-order chi connectivity index (χ1) is 8.60.